The molecule has 7 saturated heterocycles. The summed E-state index contributed by atoms with van der Waals surface area (Å²) in [7, 11) is -5.64. The lowest BCUT2D eigenvalue weighted by atomic mass is 9.88. The average Bonchev–Trinajstić information content (AvgIpc) is 0.766. The van der Waals surface area contributed by atoms with Gasteiger partial charge in [-0.3, -0.25) is 23.7 Å². The first kappa shape index (κ1) is 87.6. The summed E-state index contributed by atoms with van der Waals surface area (Å²) in [6.07, 6.45) is -72.7. The van der Waals surface area contributed by atoms with Crippen molar-refractivity contribution in [1.82, 2.24) is 21.3 Å². The number of rotatable bonds is 30. The fraction of sp³-hybridized carbons (Fsp3) is 0.893. The quantitative estimate of drug-likeness (QED) is 0.0297. The largest absolute Gasteiger partial charge is 0.477 e. The van der Waals surface area contributed by atoms with Crippen LogP contribution in [0.5, 0.6) is 0 Å². The van der Waals surface area contributed by atoms with Gasteiger partial charge in [-0.1, -0.05) is 0 Å². The summed E-state index contributed by atoms with van der Waals surface area (Å²) >= 11 is 0. The Morgan fingerprint density at radius 3 is 1.26 bits per heavy atom. The van der Waals surface area contributed by atoms with Crippen molar-refractivity contribution in [2.24, 2.45) is 0 Å². The average molecular weight is 1560 g/mol. The number of carboxylic acid groups (broad SMARTS) is 2. The van der Waals surface area contributed by atoms with Crippen LogP contribution in [-0.2, 0) is 105 Å². The zero-order valence-corrected chi connectivity index (χ0v) is 56.9. The molecule has 48 nitrogen and oxygen atoms in total. The van der Waals surface area contributed by atoms with Crippen LogP contribution in [0.4, 0.5) is 0 Å². The lowest BCUT2D eigenvalue weighted by Crippen LogP contribution is -2.72. The normalized spacial score (nSPS) is 43.8. The fourth-order valence-electron chi connectivity index (χ4n) is 13.0. The summed E-state index contributed by atoms with van der Waals surface area (Å²) in [6, 6.07) is -7.66. The molecule has 49 heteroatoms. The smallest absolute Gasteiger partial charge is 0.397 e. The first-order chi connectivity index (χ1) is 49.0. The number of aliphatic hydroxyl groups is 19. The molecule has 0 saturated carbocycles. The van der Waals surface area contributed by atoms with Crippen LogP contribution in [0.15, 0.2) is 0 Å². The molecule has 0 aromatic carbocycles. The van der Waals surface area contributed by atoms with Gasteiger partial charge >= 0.3 is 22.3 Å². The van der Waals surface area contributed by atoms with Gasteiger partial charge in [0.05, 0.1) is 70.0 Å². The van der Waals surface area contributed by atoms with Crippen LogP contribution >= 0.6 is 0 Å². The van der Waals surface area contributed by atoms with E-state index in [-0.39, 0.29) is 0 Å². The third kappa shape index (κ3) is 20.1. The van der Waals surface area contributed by atoms with Gasteiger partial charge in [0.15, 0.2) is 31.5 Å². The van der Waals surface area contributed by atoms with Crippen LogP contribution in [0.2, 0.25) is 0 Å². The number of hydrogen-bond donors (Lipinski definition) is 26. The number of carbonyl (C=O) groups excluding carboxylic acids is 4. The molecule has 0 spiro atoms. The Bertz CT molecular complexity index is 3030. The van der Waals surface area contributed by atoms with Gasteiger partial charge < -0.3 is 190 Å². The second-order valence-electron chi connectivity index (χ2n) is 25.9. The number of carboxylic acids is 2. The van der Waals surface area contributed by atoms with Gasteiger partial charge in [0, 0.05) is 40.5 Å². The maximum atomic E-state index is 13.4. The van der Waals surface area contributed by atoms with E-state index in [1.807, 2.05) is 0 Å². The summed E-state index contributed by atoms with van der Waals surface area (Å²) in [5, 5.41) is 240. The highest BCUT2D eigenvalue weighted by atomic mass is 32.3. The van der Waals surface area contributed by atoms with Gasteiger partial charge in [-0.05, 0) is 6.92 Å². The van der Waals surface area contributed by atoms with Crippen molar-refractivity contribution in [3.05, 3.63) is 0 Å². The molecule has 7 fully saturated rings. The molecule has 0 bridgehead atoms. The molecule has 7 rings (SSSR count). The van der Waals surface area contributed by atoms with E-state index >= 15 is 0 Å². The van der Waals surface area contributed by atoms with Gasteiger partial charge in [0.1, 0.15) is 152 Å². The minimum absolute atomic E-state index is 0.845. The van der Waals surface area contributed by atoms with Crippen LogP contribution in [-0.4, -0.2) is 421 Å². The molecular weight excluding hydrogens is 1460 g/mol. The van der Waals surface area contributed by atoms with Crippen molar-refractivity contribution in [3.63, 3.8) is 0 Å². The van der Waals surface area contributed by atoms with E-state index < -0.39 is 324 Å². The zero-order valence-electron chi connectivity index (χ0n) is 56.1. The van der Waals surface area contributed by atoms with E-state index in [0.29, 0.717) is 0 Å². The summed E-state index contributed by atoms with van der Waals surface area (Å²) in [5.74, 6) is -14.9. The molecule has 606 valence electrons. The lowest BCUT2D eigenvalue weighted by Gasteiger charge is -2.52. The molecule has 0 aliphatic carbocycles. The number of nitrogens with one attached hydrogen (secondary N) is 4. The minimum Gasteiger partial charge on any atom is -0.477 e. The van der Waals surface area contributed by atoms with Gasteiger partial charge in [0.2, 0.25) is 23.6 Å². The monoisotopic (exact) mass is 1560 g/mol. The Balaban J connectivity index is 1.25. The SMILES string of the molecule is CC(=O)N[C@@H]1[C@@H](O[C@@H]2O[C@H](CO)[C@H](O)[C@H](O[C@]3(C(=O)O)C[C@H](O)[C@@H](NC(C)=O)[C@H]([C@H](O)[C@H](O)CO)O3)[C@H]2O)[C@@H](O)[C@@H](CO[C@@H]2O[C@H](COS(=O)(=O)O)[C@@H](O[C@@H]3O[C@H](CO)[C@H](O)[C@H](O[C@]4(C(=O)O)C[C@H](O)[C@@H](NC(C)=O)[C@H]([C@H](O)[C@H](O)CO)O4)[C@H]3O)[C@H](O[C@@H]3O[C@@H](C)[C@@H](O)[C@@H](O)[C@@H]3O)[C@H]2NC(C)=O)O[C@H]1O. The van der Waals surface area contributed by atoms with Crippen LogP contribution in [0.3, 0.4) is 0 Å². The number of amides is 4. The predicted octanol–water partition coefficient (Wildman–Crippen LogP) is -16.4. The van der Waals surface area contributed by atoms with Gasteiger partial charge in [-0.25, -0.2) is 13.8 Å². The minimum atomic E-state index is -5.64. The van der Waals surface area contributed by atoms with Crippen LogP contribution < -0.4 is 21.3 Å². The molecule has 0 aromatic heterocycles. The van der Waals surface area contributed by atoms with Crippen LogP contribution in [0.1, 0.15) is 47.5 Å². The number of aliphatic hydroxyl groups excluding tert-OH is 19. The standard InChI is InChI=1S/C56H92N4O44S/c1-14-31(73)37(79)38(80)50(93-14)100-45-30(60-18(5)68)49(97-26(13-92-105(88,89)90)41(45)98-51-39(81)46(34(76)23(10-63)95-51)103-55(53(84)85)6-19(69)27(57-15(2)65)43(101-55)32(74)21(71)8-61)91-12-25-36(78)42(29(48(83)94-25)59-17(4)67)99-52-40(82)47(35(77)24(11-64)96-52)104-56(54(86)87)7-20(70)28(58-16(3)66)44(102-56)33(75)22(72)9-62/h14,19-52,61-64,69-83H,6-13H2,1-5H3,(H,57,65)(H,58,66)(H,59,67)(H,60,68)(H,84,85)(H,86,87)(H,88,89,90)/t14-,19-,20-,21+,22+,23+,24+,25+,26+,27+,28+,29+,30+,31+,32+,33+,34-,35-,36-,37+,38-,39+,40+,41+,42+,43+,44+,45+,46-,47-,48+,49+,50-,51-,52-,55-,56-/m0/s1. The fourth-order valence-corrected chi connectivity index (χ4v) is 13.3. The number of aliphatic carboxylic acids is 2. The van der Waals surface area contributed by atoms with E-state index in [4.69, 9.17) is 61.6 Å². The van der Waals surface area contributed by atoms with Crippen molar-refractivity contribution < 1.29 is 215 Å². The second-order valence-corrected chi connectivity index (χ2v) is 27.0. The lowest BCUT2D eigenvalue weighted by molar-refractivity contribution is -0.392. The van der Waals surface area contributed by atoms with E-state index in [1.54, 1.807) is 0 Å². The molecule has 7 aliphatic rings. The first-order valence-electron chi connectivity index (χ1n) is 32.4. The molecule has 0 unspecified atom stereocenters. The third-order valence-electron chi connectivity index (χ3n) is 18.2. The molecule has 0 radical (unpaired) electrons. The summed E-state index contributed by atoms with van der Waals surface area (Å²) in [6.45, 7) is -2.95. The third-order valence-corrected chi connectivity index (χ3v) is 18.7. The van der Waals surface area contributed by atoms with Gasteiger partial charge in [-0.15, -0.1) is 0 Å². The maximum Gasteiger partial charge on any atom is 0.397 e. The van der Waals surface area contributed by atoms with Gasteiger partial charge in [-0.2, -0.15) is 8.42 Å². The highest BCUT2D eigenvalue weighted by Crippen LogP contribution is 2.42. The highest BCUT2D eigenvalue weighted by Gasteiger charge is 2.64. The number of ether oxygens (including phenoxy) is 13. The van der Waals surface area contributed by atoms with Crippen molar-refractivity contribution in [2.75, 3.05) is 39.6 Å². The second kappa shape index (κ2) is 36.5. The molecule has 7 aliphatic heterocycles. The maximum absolute atomic E-state index is 13.4. The van der Waals surface area contributed by atoms with Crippen molar-refractivity contribution in [1.29, 1.82) is 0 Å². The predicted molar refractivity (Wildman–Crippen MR) is 322 cm³/mol. The van der Waals surface area contributed by atoms with Crippen LogP contribution in [0.25, 0.3) is 0 Å². The Labute approximate surface area is 593 Å². The molecular formula is C56H92N4O44S. The van der Waals surface area contributed by atoms with E-state index in [0.717, 1.165) is 34.6 Å². The molecule has 4 amide bonds. The topological polar surface area (TPSA) is 759 Å². The zero-order chi connectivity index (χ0) is 78.6. The van der Waals surface area contributed by atoms with Crippen molar-refractivity contribution >= 4 is 46.0 Å². The van der Waals surface area contributed by atoms with Crippen LogP contribution in [0, 0.1) is 0 Å². The molecule has 7 heterocycles. The molecule has 26 N–H and O–H groups in total. The molecule has 37 atom stereocenters. The number of hydrogen-bond acceptors (Lipinski definition) is 41. The molecule has 105 heavy (non-hydrogen) atoms. The molecule has 0 aromatic rings. The van der Waals surface area contributed by atoms with Crippen molar-refractivity contribution in [3.8, 4) is 0 Å². The number of carbonyl (C=O) groups is 6. The highest BCUT2D eigenvalue weighted by molar-refractivity contribution is 7.80. The summed E-state index contributed by atoms with van der Waals surface area (Å²) in [4.78, 5) is 77.1. The Morgan fingerprint density at radius 2 is 0.848 bits per heavy atom. The van der Waals surface area contributed by atoms with E-state index in [2.05, 4.69) is 25.5 Å². The summed E-state index contributed by atoms with van der Waals surface area (Å²) in [5.41, 5.74) is 0. The Kier molecular flexibility index (Phi) is 30.5. The van der Waals surface area contributed by atoms with Gasteiger partial charge in [0.25, 0.3) is 11.6 Å². The Hall–Kier alpha value is -4.59. The van der Waals surface area contributed by atoms with E-state index in [9.17, 15) is 149 Å². The van der Waals surface area contributed by atoms with E-state index in [1.165, 1.54) is 0 Å². The first-order valence-corrected chi connectivity index (χ1v) is 33.7. The van der Waals surface area contributed by atoms with Crippen molar-refractivity contribution in [2.45, 2.75) is 273 Å². The Morgan fingerprint density at radius 1 is 0.457 bits per heavy atom. The summed E-state index contributed by atoms with van der Waals surface area (Å²) < 4.78 is 115.